The van der Waals surface area contributed by atoms with Crippen LogP contribution in [-0.4, -0.2) is 53.9 Å². The molecule has 174 valence electrons. The second-order valence-corrected chi connectivity index (χ2v) is 8.29. The number of carbonyl (C=O) groups is 3. The Morgan fingerprint density at radius 2 is 1.62 bits per heavy atom. The molecule has 32 heavy (non-hydrogen) atoms. The van der Waals surface area contributed by atoms with Crippen LogP contribution in [0.4, 0.5) is 0 Å². The number of rotatable bonds is 9. The van der Waals surface area contributed by atoms with Crippen LogP contribution in [0.25, 0.3) is 0 Å². The number of ether oxygens (including phenoxy) is 2. The molecule has 1 unspecified atom stereocenters. The minimum absolute atomic E-state index is 0.167. The van der Waals surface area contributed by atoms with Gasteiger partial charge in [-0.1, -0.05) is 13.8 Å². The van der Waals surface area contributed by atoms with Crippen molar-refractivity contribution in [2.24, 2.45) is 5.92 Å². The number of Topliss-reactive ketones (excluding diaryl/α,β-unsaturated/α-hetero) is 1. The number of nitrogens with zero attached hydrogens (tertiary/aromatic N) is 2. The molecule has 0 aliphatic heterocycles. The van der Waals surface area contributed by atoms with E-state index in [4.69, 9.17) is 9.47 Å². The van der Waals surface area contributed by atoms with E-state index in [9.17, 15) is 14.4 Å². The van der Waals surface area contributed by atoms with E-state index in [0.717, 1.165) is 0 Å². The van der Waals surface area contributed by atoms with E-state index in [-0.39, 0.29) is 17.6 Å². The summed E-state index contributed by atoms with van der Waals surface area (Å²) in [4.78, 5) is 41.0. The molecule has 1 amide bonds. The Morgan fingerprint density at radius 3 is 2.09 bits per heavy atom. The summed E-state index contributed by atoms with van der Waals surface area (Å²) < 4.78 is 11.9. The van der Waals surface area contributed by atoms with Crippen molar-refractivity contribution in [1.29, 1.82) is 0 Å². The summed E-state index contributed by atoms with van der Waals surface area (Å²) in [6.45, 7) is 12.2. The minimum Gasteiger partial charge on any atom is -0.497 e. The van der Waals surface area contributed by atoms with Crippen molar-refractivity contribution in [1.82, 2.24) is 9.47 Å². The summed E-state index contributed by atoms with van der Waals surface area (Å²) in [5.41, 5.74) is 2.61. The molecular formula is C25H34N2O5. The zero-order valence-corrected chi connectivity index (χ0v) is 20.3. The Balaban J connectivity index is 2.49. The third-order valence-electron chi connectivity index (χ3n) is 5.71. The highest BCUT2D eigenvalue weighted by atomic mass is 16.5. The highest BCUT2D eigenvalue weighted by Crippen LogP contribution is 2.26. The highest BCUT2D eigenvalue weighted by Gasteiger charge is 2.33. The summed E-state index contributed by atoms with van der Waals surface area (Å²) in [6.07, 6.45) is 0. The van der Waals surface area contributed by atoms with E-state index < -0.39 is 12.0 Å². The molecule has 0 saturated heterocycles. The zero-order valence-electron chi connectivity index (χ0n) is 20.3. The molecule has 0 N–H and O–H groups in total. The molecule has 0 aliphatic carbocycles. The van der Waals surface area contributed by atoms with Crippen LogP contribution in [0.3, 0.4) is 0 Å². The van der Waals surface area contributed by atoms with Crippen LogP contribution in [-0.2, 0) is 11.3 Å². The van der Waals surface area contributed by atoms with Gasteiger partial charge in [0.2, 0.25) is 0 Å². The summed E-state index contributed by atoms with van der Waals surface area (Å²) in [5.74, 6) is -0.0721. The molecule has 2 rings (SSSR count). The van der Waals surface area contributed by atoms with Gasteiger partial charge in [0.1, 0.15) is 11.4 Å². The van der Waals surface area contributed by atoms with Gasteiger partial charge in [0.15, 0.2) is 5.78 Å². The maximum atomic E-state index is 13.7. The standard InChI is InChI=1S/C25H34N2O5/c1-9-26-17(5)21(16(4)22(26)25(30)32-8)23(28)18(6)27(14-15(2)3)24(29)19-10-12-20(31-7)13-11-19/h10-13,15,18H,9,14H2,1-8H3. The predicted octanol–water partition coefficient (Wildman–Crippen LogP) is 4.29. The zero-order chi connectivity index (χ0) is 24.2. The van der Waals surface area contributed by atoms with Crippen molar-refractivity contribution in [2.75, 3.05) is 20.8 Å². The molecule has 0 fully saturated rings. The van der Waals surface area contributed by atoms with Crippen molar-refractivity contribution in [3.05, 3.63) is 52.3 Å². The number of carbonyl (C=O) groups excluding carboxylic acids is 3. The molecular weight excluding hydrogens is 408 g/mol. The number of esters is 1. The highest BCUT2D eigenvalue weighted by molar-refractivity contribution is 6.07. The summed E-state index contributed by atoms with van der Waals surface area (Å²) in [6, 6.07) is 6.15. The van der Waals surface area contributed by atoms with E-state index >= 15 is 0 Å². The first-order valence-corrected chi connectivity index (χ1v) is 10.9. The predicted molar refractivity (Wildman–Crippen MR) is 124 cm³/mol. The Labute approximate surface area is 190 Å². The second-order valence-electron chi connectivity index (χ2n) is 8.29. The molecule has 1 atom stereocenters. The Morgan fingerprint density at radius 1 is 1.03 bits per heavy atom. The van der Waals surface area contributed by atoms with Crippen LogP contribution >= 0.6 is 0 Å². The monoisotopic (exact) mass is 442 g/mol. The molecule has 1 heterocycles. The van der Waals surface area contributed by atoms with Crippen LogP contribution in [0.2, 0.25) is 0 Å². The molecule has 0 radical (unpaired) electrons. The minimum atomic E-state index is -0.706. The molecule has 2 aromatic rings. The average molecular weight is 443 g/mol. The van der Waals surface area contributed by atoms with Gasteiger partial charge in [0.05, 0.1) is 20.3 Å². The third-order valence-corrected chi connectivity index (χ3v) is 5.71. The van der Waals surface area contributed by atoms with Gasteiger partial charge in [0.25, 0.3) is 5.91 Å². The number of aromatic nitrogens is 1. The number of ketones is 1. The summed E-state index contributed by atoms with van der Waals surface area (Å²) >= 11 is 0. The first-order chi connectivity index (χ1) is 15.1. The fraction of sp³-hybridized carbons (Fsp3) is 0.480. The lowest BCUT2D eigenvalue weighted by atomic mass is 9.98. The van der Waals surface area contributed by atoms with Gasteiger partial charge in [-0.05, 0) is 63.4 Å². The molecule has 0 aliphatic rings. The normalized spacial score (nSPS) is 11.9. The van der Waals surface area contributed by atoms with Crippen molar-refractivity contribution < 1.29 is 23.9 Å². The Bertz CT molecular complexity index is 989. The van der Waals surface area contributed by atoms with Gasteiger partial charge in [-0.15, -0.1) is 0 Å². The fourth-order valence-corrected chi connectivity index (χ4v) is 4.07. The Hall–Kier alpha value is -3.09. The van der Waals surface area contributed by atoms with Crippen molar-refractivity contribution in [3.8, 4) is 5.75 Å². The van der Waals surface area contributed by atoms with Gasteiger partial charge in [-0.3, -0.25) is 9.59 Å². The number of hydrogen-bond donors (Lipinski definition) is 0. The fourth-order valence-electron chi connectivity index (χ4n) is 4.07. The van der Waals surface area contributed by atoms with Crippen LogP contribution in [0.15, 0.2) is 24.3 Å². The van der Waals surface area contributed by atoms with E-state index in [2.05, 4.69) is 0 Å². The molecule has 0 spiro atoms. The van der Waals surface area contributed by atoms with Crippen LogP contribution in [0, 0.1) is 19.8 Å². The molecule has 0 bridgehead atoms. The van der Waals surface area contributed by atoms with Crippen molar-refractivity contribution >= 4 is 17.7 Å². The smallest absolute Gasteiger partial charge is 0.354 e. The summed E-state index contributed by atoms with van der Waals surface area (Å²) in [7, 11) is 2.89. The van der Waals surface area contributed by atoms with Gasteiger partial charge in [-0.2, -0.15) is 0 Å². The van der Waals surface area contributed by atoms with E-state index in [1.54, 1.807) is 54.7 Å². The maximum absolute atomic E-state index is 13.7. The lowest BCUT2D eigenvalue weighted by molar-refractivity contribution is 0.0586. The van der Waals surface area contributed by atoms with Crippen LogP contribution in [0.1, 0.15) is 70.2 Å². The van der Waals surface area contributed by atoms with Crippen LogP contribution < -0.4 is 4.74 Å². The number of benzene rings is 1. The number of methoxy groups -OCH3 is 2. The second kappa shape index (κ2) is 10.5. The molecule has 7 nitrogen and oxygen atoms in total. The van der Waals surface area contributed by atoms with E-state index in [1.165, 1.54) is 7.11 Å². The van der Waals surface area contributed by atoms with Gasteiger partial charge in [-0.25, -0.2) is 4.79 Å². The SMILES string of the molecule is CCn1c(C)c(C(=O)C(C)N(CC(C)C)C(=O)c2ccc(OC)cc2)c(C)c1C(=O)OC. The first-order valence-electron chi connectivity index (χ1n) is 10.9. The van der Waals surface area contributed by atoms with Gasteiger partial charge < -0.3 is 18.9 Å². The third kappa shape index (κ3) is 4.87. The number of amides is 1. The van der Waals surface area contributed by atoms with Crippen molar-refractivity contribution in [2.45, 2.75) is 54.1 Å². The lowest BCUT2D eigenvalue weighted by Gasteiger charge is -2.30. The first kappa shape index (κ1) is 25.2. The van der Waals surface area contributed by atoms with Gasteiger partial charge in [0, 0.05) is 29.9 Å². The average Bonchev–Trinajstić information content (AvgIpc) is 3.04. The molecule has 0 saturated carbocycles. The Kier molecular flexibility index (Phi) is 8.25. The van der Waals surface area contributed by atoms with Crippen LogP contribution in [0.5, 0.6) is 5.75 Å². The number of hydrogen-bond acceptors (Lipinski definition) is 5. The van der Waals surface area contributed by atoms with Crippen molar-refractivity contribution in [3.63, 3.8) is 0 Å². The molecule has 1 aromatic heterocycles. The summed E-state index contributed by atoms with van der Waals surface area (Å²) in [5, 5.41) is 0. The largest absolute Gasteiger partial charge is 0.497 e. The van der Waals surface area contributed by atoms with Gasteiger partial charge >= 0.3 is 5.97 Å². The molecule has 7 heteroatoms. The maximum Gasteiger partial charge on any atom is 0.354 e. The topological polar surface area (TPSA) is 77.8 Å². The van der Waals surface area contributed by atoms with E-state index in [0.29, 0.717) is 46.9 Å². The molecule has 1 aromatic carbocycles. The lowest BCUT2D eigenvalue weighted by Crippen LogP contribution is -2.45. The quantitative estimate of drug-likeness (QED) is 0.428. The van der Waals surface area contributed by atoms with E-state index in [1.807, 2.05) is 27.7 Å².